The molecule has 1 amide bonds. The van der Waals surface area contributed by atoms with Crippen LogP contribution in [0, 0.1) is 0 Å². The van der Waals surface area contributed by atoms with Crippen molar-refractivity contribution in [3.05, 3.63) is 36.2 Å². The predicted octanol–water partition coefficient (Wildman–Crippen LogP) is 2.59. The number of carbonyl (C=O) groups is 1. The van der Waals surface area contributed by atoms with E-state index >= 15 is 0 Å². The number of hydrogen-bond donors (Lipinski definition) is 0. The van der Waals surface area contributed by atoms with E-state index in [4.69, 9.17) is 13.9 Å². The first-order chi connectivity index (χ1) is 11.3. The maximum atomic E-state index is 12.3. The molecule has 1 aliphatic rings. The van der Waals surface area contributed by atoms with Crippen molar-refractivity contribution in [2.75, 3.05) is 25.5 Å². The lowest BCUT2D eigenvalue weighted by molar-refractivity contribution is -0.128. The van der Waals surface area contributed by atoms with E-state index in [9.17, 15) is 4.79 Å². The number of oxazole rings is 1. The van der Waals surface area contributed by atoms with Gasteiger partial charge in [-0.25, -0.2) is 4.98 Å². The Morgan fingerprint density at radius 1 is 1.30 bits per heavy atom. The fourth-order valence-electron chi connectivity index (χ4n) is 2.28. The number of ether oxygens (including phenoxy) is 2. The summed E-state index contributed by atoms with van der Waals surface area (Å²) in [7, 11) is 0. The van der Waals surface area contributed by atoms with Gasteiger partial charge in [-0.2, -0.15) is 0 Å². The minimum Gasteiger partial charge on any atom is -0.486 e. The second-order valence-corrected chi connectivity index (χ2v) is 5.90. The van der Waals surface area contributed by atoms with Crippen LogP contribution < -0.4 is 9.47 Å². The number of aromatic nitrogens is 1. The van der Waals surface area contributed by atoms with Crippen LogP contribution in [0.3, 0.4) is 0 Å². The summed E-state index contributed by atoms with van der Waals surface area (Å²) < 4.78 is 16.2. The molecule has 1 aromatic carbocycles. The molecule has 0 unspecified atom stereocenters. The first-order valence-corrected chi connectivity index (χ1v) is 8.43. The van der Waals surface area contributed by atoms with Crippen LogP contribution in [0.5, 0.6) is 11.5 Å². The summed E-state index contributed by atoms with van der Waals surface area (Å²) in [5.41, 5.74) is 1.02. The first-order valence-electron chi connectivity index (χ1n) is 7.45. The van der Waals surface area contributed by atoms with E-state index in [2.05, 4.69) is 4.98 Å². The molecule has 2 heterocycles. The molecule has 0 bridgehead atoms. The highest BCUT2D eigenvalue weighted by atomic mass is 32.2. The van der Waals surface area contributed by atoms with Crippen LogP contribution in [-0.2, 0) is 11.3 Å². The number of carbonyl (C=O) groups excluding carboxylic acids is 1. The number of benzene rings is 1. The number of amides is 1. The SMILES string of the molecule is CCN(Cc1ccc2c(c1)OCCO2)C(=O)CSc1ncco1. The van der Waals surface area contributed by atoms with Crippen LogP contribution in [0.2, 0.25) is 0 Å². The molecule has 0 saturated carbocycles. The molecular formula is C16H18N2O4S. The predicted molar refractivity (Wildman–Crippen MR) is 85.8 cm³/mol. The Bertz CT molecular complexity index is 660. The summed E-state index contributed by atoms with van der Waals surface area (Å²) in [5, 5.41) is 0.508. The minimum absolute atomic E-state index is 0.0468. The number of rotatable bonds is 6. The van der Waals surface area contributed by atoms with Gasteiger partial charge in [0.15, 0.2) is 11.5 Å². The number of nitrogens with zero attached hydrogens (tertiary/aromatic N) is 2. The summed E-state index contributed by atoms with van der Waals surface area (Å²) in [5.74, 6) is 1.85. The molecule has 2 aromatic rings. The van der Waals surface area contributed by atoms with Crippen molar-refractivity contribution in [2.45, 2.75) is 18.7 Å². The van der Waals surface area contributed by atoms with Gasteiger partial charge >= 0.3 is 0 Å². The fraction of sp³-hybridized carbons (Fsp3) is 0.375. The number of fused-ring (bicyclic) bond motifs is 1. The largest absolute Gasteiger partial charge is 0.486 e. The van der Waals surface area contributed by atoms with E-state index in [-0.39, 0.29) is 5.91 Å². The Balaban J connectivity index is 1.61. The summed E-state index contributed by atoms with van der Waals surface area (Å²) in [6.07, 6.45) is 3.07. The van der Waals surface area contributed by atoms with Crippen molar-refractivity contribution in [2.24, 2.45) is 0 Å². The maximum Gasteiger partial charge on any atom is 0.256 e. The Hall–Kier alpha value is -2.15. The smallest absolute Gasteiger partial charge is 0.256 e. The molecule has 7 heteroatoms. The van der Waals surface area contributed by atoms with Crippen LogP contribution in [0.4, 0.5) is 0 Å². The monoisotopic (exact) mass is 334 g/mol. The van der Waals surface area contributed by atoms with Crippen molar-refractivity contribution in [3.63, 3.8) is 0 Å². The van der Waals surface area contributed by atoms with E-state index in [1.54, 1.807) is 11.1 Å². The second-order valence-electron chi connectivity index (χ2n) is 4.97. The highest BCUT2D eigenvalue weighted by Crippen LogP contribution is 2.31. The van der Waals surface area contributed by atoms with Crippen molar-refractivity contribution in [3.8, 4) is 11.5 Å². The van der Waals surface area contributed by atoms with Gasteiger partial charge in [-0.3, -0.25) is 4.79 Å². The van der Waals surface area contributed by atoms with Crippen LogP contribution in [0.1, 0.15) is 12.5 Å². The van der Waals surface area contributed by atoms with Gasteiger partial charge in [0.25, 0.3) is 5.22 Å². The lowest BCUT2D eigenvalue weighted by Gasteiger charge is -2.23. The molecule has 0 N–H and O–H groups in total. The van der Waals surface area contributed by atoms with E-state index in [1.165, 1.54) is 18.0 Å². The topological polar surface area (TPSA) is 64.8 Å². The summed E-state index contributed by atoms with van der Waals surface area (Å²) in [4.78, 5) is 18.1. The van der Waals surface area contributed by atoms with E-state index in [1.807, 2.05) is 25.1 Å². The molecular weight excluding hydrogens is 316 g/mol. The molecule has 0 radical (unpaired) electrons. The molecule has 23 heavy (non-hydrogen) atoms. The van der Waals surface area contributed by atoms with Gasteiger partial charge in [0, 0.05) is 13.1 Å². The molecule has 0 saturated heterocycles. The van der Waals surface area contributed by atoms with Crippen LogP contribution in [-0.4, -0.2) is 41.3 Å². The molecule has 0 aliphatic carbocycles. The minimum atomic E-state index is 0.0468. The quantitative estimate of drug-likeness (QED) is 0.757. The van der Waals surface area contributed by atoms with Crippen LogP contribution in [0.15, 0.2) is 40.3 Å². The lowest BCUT2D eigenvalue weighted by Crippen LogP contribution is -2.31. The molecule has 1 aliphatic heterocycles. The van der Waals surface area contributed by atoms with Gasteiger partial charge in [-0.1, -0.05) is 17.8 Å². The summed E-state index contributed by atoms with van der Waals surface area (Å²) >= 11 is 1.30. The van der Waals surface area contributed by atoms with E-state index in [0.29, 0.717) is 37.3 Å². The Morgan fingerprint density at radius 2 is 2.13 bits per heavy atom. The zero-order valence-corrected chi connectivity index (χ0v) is 13.7. The van der Waals surface area contributed by atoms with E-state index in [0.717, 1.165) is 17.1 Å². The van der Waals surface area contributed by atoms with Crippen molar-refractivity contribution < 1.29 is 18.7 Å². The highest BCUT2D eigenvalue weighted by Gasteiger charge is 2.16. The molecule has 0 atom stereocenters. The van der Waals surface area contributed by atoms with Crippen LogP contribution in [0.25, 0.3) is 0 Å². The van der Waals surface area contributed by atoms with Crippen molar-refractivity contribution in [1.82, 2.24) is 9.88 Å². The number of thioether (sulfide) groups is 1. The lowest BCUT2D eigenvalue weighted by atomic mass is 10.2. The van der Waals surface area contributed by atoms with Gasteiger partial charge in [0.1, 0.15) is 19.5 Å². The molecule has 1 aromatic heterocycles. The van der Waals surface area contributed by atoms with Crippen molar-refractivity contribution >= 4 is 17.7 Å². The fourth-order valence-corrected chi connectivity index (χ4v) is 2.97. The normalized spacial score (nSPS) is 12.9. The molecule has 0 spiro atoms. The standard InChI is InChI=1S/C16H18N2O4S/c1-2-18(15(19)11-23-16-17-5-6-22-16)10-12-3-4-13-14(9-12)21-8-7-20-13/h3-6,9H,2,7-8,10-11H2,1H3. The average Bonchev–Trinajstić information content (AvgIpc) is 3.11. The third kappa shape index (κ3) is 3.98. The maximum absolute atomic E-state index is 12.3. The van der Waals surface area contributed by atoms with Crippen LogP contribution >= 0.6 is 11.8 Å². The zero-order chi connectivity index (χ0) is 16.1. The molecule has 6 nitrogen and oxygen atoms in total. The molecule has 3 rings (SSSR count). The average molecular weight is 334 g/mol. The number of hydrogen-bond acceptors (Lipinski definition) is 6. The zero-order valence-electron chi connectivity index (χ0n) is 12.9. The third-order valence-corrected chi connectivity index (χ3v) is 4.28. The Morgan fingerprint density at radius 3 is 2.87 bits per heavy atom. The highest BCUT2D eigenvalue weighted by molar-refractivity contribution is 7.99. The molecule has 122 valence electrons. The summed E-state index contributed by atoms with van der Waals surface area (Å²) in [6, 6.07) is 5.79. The van der Waals surface area contributed by atoms with E-state index < -0.39 is 0 Å². The van der Waals surface area contributed by atoms with Gasteiger partial charge in [-0.15, -0.1) is 0 Å². The Labute approximate surface area is 138 Å². The Kier molecular flexibility index (Phi) is 5.07. The second kappa shape index (κ2) is 7.41. The first kappa shape index (κ1) is 15.7. The van der Waals surface area contributed by atoms with Gasteiger partial charge in [0.2, 0.25) is 5.91 Å². The molecule has 0 fully saturated rings. The van der Waals surface area contributed by atoms with Crippen molar-refractivity contribution in [1.29, 1.82) is 0 Å². The van der Waals surface area contributed by atoms with Gasteiger partial charge in [-0.05, 0) is 24.6 Å². The van der Waals surface area contributed by atoms with Gasteiger partial charge < -0.3 is 18.8 Å². The van der Waals surface area contributed by atoms with Gasteiger partial charge in [0.05, 0.1) is 11.9 Å². The third-order valence-electron chi connectivity index (χ3n) is 3.44. The summed E-state index contributed by atoms with van der Waals surface area (Å²) in [6.45, 7) is 4.27.